The second kappa shape index (κ2) is 10.5. The van der Waals surface area contributed by atoms with E-state index >= 15 is 0 Å². The molecule has 0 saturated carbocycles. The van der Waals surface area contributed by atoms with Crippen LogP contribution in [0.15, 0.2) is 59.8 Å². The number of nitrogens with zero attached hydrogens (tertiary/aromatic N) is 3. The zero-order valence-electron chi connectivity index (χ0n) is 21.0. The summed E-state index contributed by atoms with van der Waals surface area (Å²) in [6, 6.07) is 14.0. The number of amides is 3. The molecule has 1 unspecified atom stereocenters. The summed E-state index contributed by atoms with van der Waals surface area (Å²) >= 11 is 0. The molecule has 0 aliphatic carbocycles. The van der Waals surface area contributed by atoms with Crippen molar-refractivity contribution < 1.29 is 19.1 Å². The van der Waals surface area contributed by atoms with Crippen molar-refractivity contribution in [3.8, 4) is 11.5 Å². The van der Waals surface area contributed by atoms with Gasteiger partial charge in [0, 0.05) is 29.4 Å². The zero-order valence-corrected chi connectivity index (χ0v) is 21.0. The molecule has 1 atom stereocenters. The molecule has 0 spiro atoms. The minimum absolute atomic E-state index is 0.201. The van der Waals surface area contributed by atoms with Crippen molar-refractivity contribution in [1.29, 1.82) is 0 Å². The summed E-state index contributed by atoms with van der Waals surface area (Å²) in [4.78, 5) is 29.6. The number of ether oxygens (including phenoxy) is 2. The maximum atomic E-state index is 12.8. The van der Waals surface area contributed by atoms with E-state index in [1.807, 2.05) is 50.2 Å². The fourth-order valence-electron chi connectivity index (χ4n) is 4.07. The van der Waals surface area contributed by atoms with Crippen molar-refractivity contribution in [1.82, 2.24) is 15.3 Å². The Balaban J connectivity index is 1.73. The molecule has 0 radical (unpaired) electrons. The minimum atomic E-state index is -0.311. The van der Waals surface area contributed by atoms with E-state index in [-0.39, 0.29) is 18.0 Å². The van der Waals surface area contributed by atoms with Crippen molar-refractivity contribution in [2.45, 2.75) is 26.3 Å². The molecule has 36 heavy (non-hydrogen) atoms. The van der Waals surface area contributed by atoms with Gasteiger partial charge < -0.3 is 20.1 Å². The number of rotatable bonds is 5. The van der Waals surface area contributed by atoms with Crippen LogP contribution in [-0.2, 0) is 6.42 Å². The number of fused-ring (bicyclic) bond motifs is 1. The van der Waals surface area contributed by atoms with E-state index in [1.165, 1.54) is 5.01 Å². The van der Waals surface area contributed by atoms with Gasteiger partial charge in [-0.25, -0.2) is 9.80 Å². The lowest BCUT2D eigenvalue weighted by Crippen LogP contribution is -2.41. The summed E-state index contributed by atoms with van der Waals surface area (Å²) in [5.41, 5.74) is 5.11. The number of hydrazone groups is 1. The molecule has 4 rings (SSSR count). The number of nitrogens with one attached hydrogen (secondary N) is 2. The van der Waals surface area contributed by atoms with Crippen LogP contribution in [-0.4, -0.2) is 55.0 Å². The zero-order chi connectivity index (χ0) is 25.8. The Hall–Kier alpha value is -4.40. The van der Waals surface area contributed by atoms with E-state index in [4.69, 9.17) is 14.6 Å². The molecule has 9 heteroatoms. The first kappa shape index (κ1) is 24.7. The molecule has 9 nitrogen and oxygen atoms in total. The van der Waals surface area contributed by atoms with Gasteiger partial charge in [0.2, 0.25) is 0 Å². The van der Waals surface area contributed by atoms with Crippen LogP contribution in [0.5, 0.6) is 11.5 Å². The number of benzene rings is 2. The van der Waals surface area contributed by atoms with Crippen LogP contribution in [0.1, 0.15) is 39.7 Å². The number of hydrogen-bond acceptors (Lipinski definition) is 6. The van der Waals surface area contributed by atoms with E-state index < -0.39 is 0 Å². The Morgan fingerprint density at radius 2 is 1.72 bits per heavy atom. The quantitative estimate of drug-likeness (QED) is 0.566. The molecule has 0 bridgehead atoms. The van der Waals surface area contributed by atoms with E-state index in [1.54, 1.807) is 39.6 Å². The number of carbonyl (C=O) groups is 2. The summed E-state index contributed by atoms with van der Waals surface area (Å²) < 4.78 is 11.0. The molecule has 3 amide bonds. The highest BCUT2D eigenvalue weighted by molar-refractivity contribution is 6.15. The summed E-state index contributed by atoms with van der Waals surface area (Å²) in [7, 11) is 4.74. The average molecular weight is 488 g/mol. The van der Waals surface area contributed by atoms with Crippen molar-refractivity contribution in [2.75, 3.05) is 26.6 Å². The Bertz CT molecular complexity index is 1300. The lowest BCUT2D eigenvalue weighted by atomic mass is 9.93. The molecule has 0 fully saturated rings. The minimum Gasteiger partial charge on any atom is -0.493 e. The van der Waals surface area contributed by atoms with Crippen molar-refractivity contribution in [3.05, 3.63) is 82.7 Å². The van der Waals surface area contributed by atoms with Crippen LogP contribution in [0.2, 0.25) is 0 Å². The number of aryl methyl sites for hydroxylation is 1. The molecule has 2 N–H and O–H groups in total. The van der Waals surface area contributed by atoms with E-state index in [9.17, 15) is 9.59 Å². The van der Waals surface area contributed by atoms with Gasteiger partial charge in [0.25, 0.3) is 5.91 Å². The van der Waals surface area contributed by atoms with Gasteiger partial charge >= 0.3 is 6.03 Å². The molecule has 2 aromatic carbocycles. The van der Waals surface area contributed by atoms with Gasteiger partial charge in [0.15, 0.2) is 11.5 Å². The van der Waals surface area contributed by atoms with Crippen LogP contribution >= 0.6 is 0 Å². The Morgan fingerprint density at radius 3 is 2.33 bits per heavy atom. The third-order valence-corrected chi connectivity index (χ3v) is 6.02. The fraction of sp³-hybridized carbons (Fsp3) is 0.259. The summed E-state index contributed by atoms with van der Waals surface area (Å²) in [5, 5.41) is 11.7. The topological polar surface area (TPSA) is 105 Å². The molecule has 3 aromatic rings. The smallest absolute Gasteiger partial charge is 0.337 e. The monoisotopic (exact) mass is 487 g/mol. The predicted octanol–water partition coefficient (Wildman–Crippen LogP) is 4.00. The molecular weight excluding hydrogens is 458 g/mol. The first-order valence-corrected chi connectivity index (χ1v) is 11.5. The number of carbonyl (C=O) groups excluding carboxylic acids is 2. The second-order valence-electron chi connectivity index (χ2n) is 8.49. The van der Waals surface area contributed by atoms with Crippen LogP contribution in [0, 0.1) is 6.92 Å². The largest absolute Gasteiger partial charge is 0.493 e. The third-order valence-electron chi connectivity index (χ3n) is 6.02. The van der Waals surface area contributed by atoms with Gasteiger partial charge in [-0.15, -0.1) is 0 Å². The van der Waals surface area contributed by atoms with Gasteiger partial charge in [-0.05, 0) is 62.2 Å². The highest BCUT2D eigenvalue weighted by atomic mass is 16.5. The SMILES string of the molecule is CNC(=O)N1N=C(c2ccc(C(=O)Nc3ccc(C)nc3)cc2)c2cc(OC)c(OC)cc2CC1C. The summed E-state index contributed by atoms with van der Waals surface area (Å²) in [6.45, 7) is 3.83. The van der Waals surface area contributed by atoms with Crippen molar-refractivity contribution in [2.24, 2.45) is 5.10 Å². The molecule has 1 aliphatic rings. The average Bonchev–Trinajstić information content (AvgIpc) is 3.04. The maximum Gasteiger partial charge on any atom is 0.337 e. The number of pyridine rings is 1. The Labute approximate surface area is 210 Å². The van der Waals surface area contributed by atoms with Gasteiger partial charge in [-0.1, -0.05) is 12.1 Å². The third kappa shape index (κ3) is 5.00. The van der Waals surface area contributed by atoms with Crippen LogP contribution < -0.4 is 20.1 Å². The van der Waals surface area contributed by atoms with Gasteiger partial charge in [-0.2, -0.15) is 5.10 Å². The molecule has 1 aromatic heterocycles. The predicted molar refractivity (Wildman–Crippen MR) is 138 cm³/mol. The van der Waals surface area contributed by atoms with Crippen molar-refractivity contribution in [3.63, 3.8) is 0 Å². The first-order valence-electron chi connectivity index (χ1n) is 11.5. The normalized spacial score (nSPS) is 14.8. The molecule has 1 aliphatic heterocycles. The Kier molecular flexibility index (Phi) is 7.19. The number of hydrogen-bond donors (Lipinski definition) is 2. The highest BCUT2D eigenvalue weighted by Crippen LogP contribution is 2.34. The van der Waals surface area contributed by atoms with Gasteiger partial charge in [-0.3, -0.25) is 9.78 Å². The second-order valence-corrected chi connectivity index (χ2v) is 8.49. The van der Waals surface area contributed by atoms with Crippen molar-refractivity contribution >= 4 is 23.3 Å². The Morgan fingerprint density at radius 1 is 1.03 bits per heavy atom. The molecular formula is C27H29N5O4. The highest BCUT2D eigenvalue weighted by Gasteiger charge is 2.28. The maximum absolute atomic E-state index is 12.8. The summed E-state index contributed by atoms with van der Waals surface area (Å²) in [6.07, 6.45) is 2.19. The van der Waals surface area contributed by atoms with E-state index in [0.717, 1.165) is 22.4 Å². The van der Waals surface area contributed by atoms with E-state index in [2.05, 4.69) is 15.6 Å². The lowest BCUT2D eigenvalue weighted by molar-refractivity contribution is 0.102. The number of methoxy groups -OCH3 is 2. The number of urea groups is 1. The van der Waals surface area contributed by atoms with E-state index in [0.29, 0.717) is 34.9 Å². The lowest BCUT2D eigenvalue weighted by Gasteiger charge is -2.22. The summed E-state index contributed by atoms with van der Waals surface area (Å²) in [5.74, 6) is 0.920. The molecule has 2 heterocycles. The van der Waals surface area contributed by atoms with Gasteiger partial charge in [0.05, 0.1) is 37.9 Å². The van der Waals surface area contributed by atoms with Gasteiger partial charge in [0.1, 0.15) is 0 Å². The fourth-order valence-corrected chi connectivity index (χ4v) is 4.07. The molecule has 0 saturated heterocycles. The van der Waals surface area contributed by atoms with Crippen LogP contribution in [0.3, 0.4) is 0 Å². The molecule has 186 valence electrons. The number of anilines is 1. The number of aromatic nitrogens is 1. The first-order chi connectivity index (χ1) is 17.3. The van der Waals surface area contributed by atoms with Crippen LogP contribution in [0.4, 0.5) is 10.5 Å². The standard InChI is InChI=1S/C27H29N5O4/c1-16-6-11-21(15-29-16)30-26(33)19-9-7-18(8-10-19)25-22-14-24(36-5)23(35-4)13-20(22)12-17(2)32(31-25)27(34)28-3/h6-11,13-15,17H,12H2,1-5H3,(H,28,34)(H,30,33). The van der Waals surface area contributed by atoms with Crippen LogP contribution in [0.25, 0.3) is 0 Å².